The molecule has 1 aromatic rings. The van der Waals surface area contributed by atoms with Crippen LogP contribution in [0.15, 0.2) is 24.3 Å². The lowest BCUT2D eigenvalue weighted by Crippen LogP contribution is -2.35. The van der Waals surface area contributed by atoms with Crippen LogP contribution in [-0.4, -0.2) is 30.3 Å². The largest absolute Gasteiger partial charge is 0.377 e. The van der Waals surface area contributed by atoms with Gasteiger partial charge in [0.2, 0.25) is 0 Å². The molecule has 3 atom stereocenters. The highest BCUT2D eigenvalue weighted by atomic mass is 32.2. The predicted molar refractivity (Wildman–Crippen MR) is 86.4 cm³/mol. The molecule has 1 aliphatic carbocycles. The van der Waals surface area contributed by atoms with Gasteiger partial charge in [0.15, 0.2) is 0 Å². The van der Waals surface area contributed by atoms with Gasteiger partial charge in [0.05, 0.1) is 6.10 Å². The SMILES string of the molecule is CCNC1c2ccccc2CCC1SCC1CCCO1. The standard InChI is InChI=1S/C17H25NOS/c1-2-18-17-15-8-4-3-6-13(15)9-10-16(17)20-12-14-7-5-11-19-14/h3-4,6,8,14,16-18H,2,5,7,9-12H2,1H3. The van der Waals surface area contributed by atoms with E-state index in [9.17, 15) is 0 Å². The van der Waals surface area contributed by atoms with Crippen LogP contribution in [0, 0.1) is 0 Å². The van der Waals surface area contributed by atoms with Gasteiger partial charge in [-0.2, -0.15) is 11.8 Å². The fraction of sp³-hybridized carbons (Fsp3) is 0.647. The Morgan fingerprint density at radius 3 is 3.00 bits per heavy atom. The van der Waals surface area contributed by atoms with Gasteiger partial charge in [-0.1, -0.05) is 31.2 Å². The van der Waals surface area contributed by atoms with Crippen molar-refractivity contribution in [3.63, 3.8) is 0 Å². The third-order valence-electron chi connectivity index (χ3n) is 4.40. The maximum Gasteiger partial charge on any atom is 0.0666 e. The van der Waals surface area contributed by atoms with Crippen molar-refractivity contribution in [1.82, 2.24) is 5.32 Å². The first-order valence-corrected chi connectivity index (χ1v) is 8.97. The number of nitrogens with one attached hydrogen (secondary N) is 1. The van der Waals surface area contributed by atoms with Gasteiger partial charge in [-0.05, 0) is 43.4 Å². The van der Waals surface area contributed by atoms with Crippen molar-refractivity contribution >= 4 is 11.8 Å². The summed E-state index contributed by atoms with van der Waals surface area (Å²) in [6, 6.07) is 9.46. The van der Waals surface area contributed by atoms with E-state index in [4.69, 9.17) is 4.74 Å². The molecule has 3 rings (SSSR count). The van der Waals surface area contributed by atoms with E-state index in [0.717, 1.165) is 18.9 Å². The van der Waals surface area contributed by atoms with Crippen molar-refractivity contribution in [3.05, 3.63) is 35.4 Å². The molecule has 0 spiro atoms. The lowest BCUT2D eigenvalue weighted by molar-refractivity contribution is 0.128. The average molecular weight is 291 g/mol. The van der Waals surface area contributed by atoms with Crippen LogP contribution in [0.3, 0.4) is 0 Å². The Balaban J connectivity index is 1.67. The first kappa shape index (κ1) is 14.4. The van der Waals surface area contributed by atoms with E-state index < -0.39 is 0 Å². The van der Waals surface area contributed by atoms with Crippen LogP contribution in [0.4, 0.5) is 0 Å². The molecule has 1 saturated heterocycles. The summed E-state index contributed by atoms with van der Waals surface area (Å²) in [5.41, 5.74) is 3.05. The van der Waals surface area contributed by atoms with E-state index in [-0.39, 0.29) is 0 Å². The highest BCUT2D eigenvalue weighted by Gasteiger charge is 2.30. The maximum atomic E-state index is 5.77. The number of ether oxygens (including phenoxy) is 1. The Morgan fingerprint density at radius 1 is 1.30 bits per heavy atom. The van der Waals surface area contributed by atoms with Gasteiger partial charge >= 0.3 is 0 Å². The van der Waals surface area contributed by atoms with E-state index in [1.165, 1.54) is 36.8 Å². The molecule has 0 amide bonds. The van der Waals surface area contributed by atoms with Gasteiger partial charge < -0.3 is 10.1 Å². The van der Waals surface area contributed by atoms with Gasteiger partial charge in [-0.3, -0.25) is 0 Å². The molecule has 0 saturated carbocycles. The number of benzene rings is 1. The molecule has 3 heteroatoms. The third kappa shape index (κ3) is 3.21. The molecule has 1 heterocycles. The molecule has 1 fully saturated rings. The van der Waals surface area contributed by atoms with Crippen molar-refractivity contribution in [2.45, 2.75) is 50.0 Å². The molecule has 0 radical (unpaired) electrons. The first-order chi connectivity index (χ1) is 9.88. The number of fused-ring (bicyclic) bond motifs is 1. The summed E-state index contributed by atoms with van der Waals surface area (Å²) in [5, 5.41) is 4.39. The van der Waals surface area contributed by atoms with Crippen LogP contribution in [-0.2, 0) is 11.2 Å². The van der Waals surface area contributed by atoms with Crippen molar-refractivity contribution < 1.29 is 4.74 Å². The summed E-state index contributed by atoms with van der Waals surface area (Å²) in [5.74, 6) is 1.16. The fourth-order valence-corrected chi connectivity index (χ4v) is 4.82. The molecule has 110 valence electrons. The van der Waals surface area contributed by atoms with Crippen LogP contribution in [0.2, 0.25) is 0 Å². The Kier molecular flexibility index (Phi) is 5.03. The average Bonchev–Trinajstić information content (AvgIpc) is 3.00. The molecule has 2 aliphatic rings. The van der Waals surface area contributed by atoms with Crippen LogP contribution in [0.1, 0.15) is 43.4 Å². The smallest absolute Gasteiger partial charge is 0.0666 e. The molecule has 20 heavy (non-hydrogen) atoms. The molecule has 1 N–H and O–H groups in total. The molecule has 1 aliphatic heterocycles. The molecule has 1 aromatic carbocycles. The normalized spacial score (nSPS) is 29.4. The Hall–Kier alpha value is -0.510. The molecule has 2 nitrogen and oxygen atoms in total. The predicted octanol–water partition coefficient (Wildman–Crippen LogP) is 3.56. The minimum Gasteiger partial charge on any atom is -0.377 e. The second-order valence-corrected chi connectivity index (χ2v) is 7.05. The minimum absolute atomic E-state index is 0.499. The van der Waals surface area contributed by atoms with Crippen molar-refractivity contribution in [1.29, 1.82) is 0 Å². The quantitative estimate of drug-likeness (QED) is 0.896. The number of rotatable bonds is 5. The van der Waals surface area contributed by atoms with Gasteiger partial charge in [-0.15, -0.1) is 0 Å². The van der Waals surface area contributed by atoms with E-state index in [2.05, 4.69) is 48.3 Å². The van der Waals surface area contributed by atoms with Crippen molar-refractivity contribution in [2.75, 3.05) is 18.9 Å². The molecule has 0 bridgehead atoms. The van der Waals surface area contributed by atoms with Gasteiger partial charge in [-0.25, -0.2) is 0 Å². The van der Waals surface area contributed by atoms with E-state index >= 15 is 0 Å². The highest BCUT2D eigenvalue weighted by molar-refractivity contribution is 8.00. The zero-order chi connectivity index (χ0) is 13.8. The van der Waals surface area contributed by atoms with Crippen LogP contribution in [0.5, 0.6) is 0 Å². The zero-order valence-corrected chi connectivity index (χ0v) is 13.1. The monoisotopic (exact) mass is 291 g/mol. The number of aryl methyl sites for hydroxylation is 1. The number of thioether (sulfide) groups is 1. The van der Waals surface area contributed by atoms with Gasteiger partial charge in [0.1, 0.15) is 0 Å². The zero-order valence-electron chi connectivity index (χ0n) is 12.3. The summed E-state index contributed by atoms with van der Waals surface area (Å²) in [6.45, 7) is 4.21. The number of hydrogen-bond acceptors (Lipinski definition) is 3. The van der Waals surface area contributed by atoms with Crippen molar-refractivity contribution in [3.8, 4) is 0 Å². The maximum absolute atomic E-state index is 5.77. The van der Waals surface area contributed by atoms with E-state index in [1.807, 2.05) is 0 Å². The second-order valence-electron chi connectivity index (χ2n) is 5.78. The van der Waals surface area contributed by atoms with Crippen LogP contribution in [0.25, 0.3) is 0 Å². The second kappa shape index (κ2) is 6.97. The summed E-state index contributed by atoms with van der Waals surface area (Å²) in [7, 11) is 0. The third-order valence-corrected chi connectivity index (χ3v) is 5.90. The summed E-state index contributed by atoms with van der Waals surface area (Å²) < 4.78 is 5.77. The minimum atomic E-state index is 0.499. The molecule has 0 aromatic heterocycles. The molecule has 3 unspecified atom stereocenters. The topological polar surface area (TPSA) is 21.3 Å². The van der Waals surface area contributed by atoms with Crippen LogP contribution < -0.4 is 5.32 Å². The molecular weight excluding hydrogens is 266 g/mol. The van der Waals surface area contributed by atoms with E-state index in [0.29, 0.717) is 17.4 Å². The summed E-state index contributed by atoms with van der Waals surface area (Å²) in [4.78, 5) is 0. The van der Waals surface area contributed by atoms with Crippen molar-refractivity contribution in [2.24, 2.45) is 0 Å². The Bertz CT molecular complexity index is 431. The van der Waals surface area contributed by atoms with Crippen LogP contribution >= 0.6 is 11.8 Å². The van der Waals surface area contributed by atoms with Gasteiger partial charge in [0.25, 0.3) is 0 Å². The first-order valence-electron chi connectivity index (χ1n) is 7.93. The lowest BCUT2D eigenvalue weighted by atomic mass is 9.87. The number of hydrogen-bond donors (Lipinski definition) is 1. The summed E-state index contributed by atoms with van der Waals surface area (Å²) in [6.07, 6.45) is 5.50. The highest BCUT2D eigenvalue weighted by Crippen LogP contribution is 2.37. The van der Waals surface area contributed by atoms with E-state index in [1.54, 1.807) is 0 Å². The Labute approximate surface area is 126 Å². The Morgan fingerprint density at radius 2 is 2.20 bits per heavy atom. The fourth-order valence-electron chi connectivity index (χ4n) is 3.38. The summed E-state index contributed by atoms with van der Waals surface area (Å²) >= 11 is 2.12. The van der Waals surface area contributed by atoms with Gasteiger partial charge in [0, 0.05) is 23.7 Å². The molecular formula is C17H25NOS. The lowest BCUT2D eigenvalue weighted by Gasteiger charge is -2.34.